The molecule has 1 aromatic heterocycles. The van der Waals surface area contributed by atoms with E-state index in [1.54, 1.807) is 0 Å². The fourth-order valence-corrected chi connectivity index (χ4v) is 3.61. The second kappa shape index (κ2) is 8.95. The Labute approximate surface area is 177 Å². The number of nitrogens with zero attached hydrogens (tertiary/aromatic N) is 4. The number of carbonyl (C=O) groups is 1. The van der Waals surface area contributed by atoms with Gasteiger partial charge in [-0.3, -0.25) is 0 Å². The first kappa shape index (κ1) is 19.9. The summed E-state index contributed by atoms with van der Waals surface area (Å²) in [5.41, 5.74) is 5.18. The molecule has 0 atom stereocenters. The predicted molar refractivity (Wildman–Crippen MR) is 121 cm³/mol. The van der Waals surface area contributed by atoms with Crippen LogP contribution < -0.4 is 10.2 Å². The van der Waals surface area contributed by atoms with Crippen LogP contribution in [0.5, 0.6) is 0 Å². The molecule has 0 bridgehead atoms. The molecule has 1 aliphatic rings. The van der Waals surface area contributed by atoms with Crippen molar-refractivity contribution in [3.05, 3.63) is 71.8 Å². The van der Waals surface area contributed by atoms with Crippen molar-refractivity contribution in [2.24, 2.45) is 0 Å². The van der Waals surface area contributed by atoms with Crippen LogP contribution in [0.25, 0.3) is 11.3 Å². The minimum absolute atomic E-state index is 0.0547. The highest BCUT2D eigenvalue weighted by atomic mass is 16.2. The van der Waals surface area contributed by atoms with E-state index >= 15 is 0 Å². The zero-order chi connectivity index (χ0) is 20.9. The summed E-state index contributed by atoms with van der Waals surface area (Å²) in [6.07, 6.45) is 1.03. The van der Waals surface area contributed by atoms with Crippen molar-refractivity contribution in [2.45, 2.75) is 20.3 Å². The zero-order valence-corrected chi connectivity index (χ0v) is 17.5. The van der Waals surface area contributed by atoms with E-state index in [1.807, 2.05) is 48.2 Å². The average Bonchev–Trinajstić information content (AvgIpc) is 2.81. The molecule has 4 rings (SSSR count). The number of rotatable bonds is 4. The van der Waals surface area contributed by atoms with Crippen molar-refractivity contribution in [3.63, 3.8) is 0 Å². The predicted octanol–water partition coefficient (Wildman–Crippen LogP) is 4.37. The Kier molecular flexibility index (Phi) is 5.93. The zero-order valence-electron chi connectivity index (χ0n) is 17.5. The third-order valence-corrected chi connectivity index (χ3v) is 5.59. The van der Waals surface area contributed by atoms with Gasteiger partial charge in [-0.25, -0.2) is 4.79 Å². The summed E-state index contributed by atoms with van der Waals surface area (Å²) in [7, 11) is 0. The quantitative estimate of drug-likeness (QED) is 0.705. The molecule has 1 N–H and O–H groups in total. The van der Waals surface area contributed by atoms with Crippen LogP contribution in [0.15, 0.2) is 60.7 Å². The number of anilines is 2. The van der Waals surface area contributed by atoms with Gasteiger partial charge in [0.25, 0.3) is 0 Å². The molecule has 0 radical (unpaired) electrons. The molecule has 154 valence electrons. The maximum Gasteiger partial charge on any atom is 0.321 e. The second-order valence-corrected chi connectivity index (χ2v) is 7.55. The first-order chi connectivity index (χ1) is 14.6. The number of piperazine rings is 1. The van der Waals surface area contributed by atoms with Gasteiger partial charge in [-0.15, -0.1) is 10.2 Å². The summed E-state index contributed by atoms with van der Waals surface area (Å²) in [6, 6.07) is 20.2. The van der Waals surface area contributed by atoms with Crippen molar-refractivity contribution in [1.29, 1.82) is 0 Å². The average molecular weight is 402 g/mol. The lowest BCUT2D eigenvalue weighted by molar-refractivity contribution is 0.208. The monoisotopic (exact) mass is 401 g/mol. The first-order valence-electron chi connectivity index (χ1n) is 10.4. The number of benzene rings is 2. The highest BCUT2D eigenvalue weighted by Crippen LogP contribution is 2.21. The molecule has 1 fully saturated rings. The van der Waals surface area contributed by atoms with Crippen LogP contribution in [-0.2, 0) is 6.42 Å². The maximum absolute atomic E-state index is 12.6. The summed E-state index contributed by atoms with van der Waals surface area (Å²) >= 11 is 0. The van der Waals surface area contributed by atoms with Crippen molar-refractivity contribution in [1.82, 2.24) is 15.1 Å². The summed E-state index contributed by atoms with van der Waals surface area (Å²) in [5, 5.41) is 11.9. The standard InChI is InChI=1S/C24H27N5O/c1-3-19-8-10-20(11-9-19)22-12-13-23(27-26-22)28-14-16-29(17-15-28)24(30)25-21-7-5-4-6-18(21)2/h4-13H,3,14-17H2,1-2H3,(H,25,30). The molecular formula is C24H27N5O. The minimum Gasteiger partial charge on any atom is -0.352 e. The van der Waals surface area contributed by atoms with Gasteiger partial charge in [0.1, 0.15) is 0 Å². The van der Waals surface area contributed by atoms with Gasteiger partial charge in [0.05, 0.1) is 5.69 Å². The van der Waals surface area contributed by atoms with Crippen LogP contribution in [0, 0.1) is 6.92 Å². The van der Waals surface area contributed by atoms with Crippen LogP contribution in [0.3, 0.4) is 0 Å². The molecular weight excluding hydrogens is 374 g/mol. The molecule has 30 heavy (non-hydrogen) atoms. The Morgan fingerprint density at radius 2 is 1.67 bits per heavy atom. The molecule has 6 nitrogen and oxygen atoms in total. The molecule has 2 aromatic carbocycles. The van der Waals surface area contributed by atoms with Crippen molar-refractivity contribution < 1.29 is 4.79 Å². The lowest BCUT2D eigenvalue weighted by Gasteiger charge is -2.35. The molecule has 6 heteroatoms. The van der Waals surface area contributed by atoms with Gasteiger partial charge in [0.15, 0.2) is 5.82 Å². The largest absolute Gasteiger partial charge is 0.352 e. The number of carbonyl (C=O) groups excluding carboxylic acids is 1. The molecule has 0 saturated carbocycles. The molecule has 1 aliphatic heterocycles. The number of aryl methyl sites for hydroxylation is 2. The summed E-state index contributed by atoms with van der Waals surface area (Å²) in [4.78, 5) is 16.6. The topological polar surface area (TPSA) is 61.4 Å². The number of aromatic nitrogens is 2. The van der Waals surface area contributed by atoms with E-state index in [-0.39, 0.29) is 6.03 Å². The number of para-hydroxylation sites is 1. The Morgan fingerprint density at radius 1 is 0.933 bits per heavy atom. The van der Waals surface area contributed by atoms with E-state index in [4.69, 9.17) is 0 Å². The highest BCUT2D eigenvalue weighted by molar-refractivity contribution is 5.90. The van der Waals surface area contributed by atoms with Crippen LogP contribution in [-0.4, -0.2) is 47.3 Å². The molecule has 1 saturated heterocycles. The van der Waals surface area contributed by atoms with Gasteiger partial charge in [-0.2, -0.15) is 0 Å². The summed E-state index contributed by atoms with van der Waals surface area (Å²) in [6.45, 7) is 6.92. The Balaban J connectivity index is 1.34. The third-order valence-electron chi connectivity index (χ3n) is 5.59. The smallest absolute Gasteiger partial charge is 0.321 e. The van der Waals surface area contributed by atoms with Crippen LogP contribution >= 0.6 is 0 Å². The van der Waals surface area contributed by atoms with E-state index in [0.717, 1.165) is 47.8 Å². The molecule has 0 aliphatic carbocycles. The van der Waals surface area contributed by atoms with Gasteiger partial charge in [0, 0.05) is 37.4 Å². The van der Waals surface area contributed by atoms with Gasteiger partial charge >= 0.3 is 6.03 Å². The molecule has 2 heterocycles. The number of urea groups is 1. The summed E-state index contributed by atoms with van der Waals surface area (Å²) in [5.74, 6) is 0.850. The fraction of sp³-hybridized carbons (Fsp3) is 0.292. The van der Waals surface area contributed by atoms with E-state index in [9.17, 15) is 4.79 Å². The highest BCUT2D eigenvalue weighted by Gasteiger charge is 2.22. The van der Waals surface area contributed by atoms with Crippen LogP contribution in [0.4, 0.5) is 16.3 Å². The SMILES string of the molecule is CCc1ccc(-c2ccc(N3CCN(C(=O)Nc4ccccc4C)CC3)nn2)cc1. The number of hydrogen-bond acceptors (Lipinski definition) is 4. The third kappa shape index (κ3) is 4.43. The number of nitrogens with one attached hydrogen (secondary N) is 1. The fourth-order valence-electron chi connectivity index (χ4n) is 3.61. The second-order valence-electron chi connectivity index (χ2n) is 7.55. The van der Waals surface area contributed by atoms with Gasteiger partial charge in [-0.05, 0) is 42.7 Å². The Hall–Kier alpha value is -3.41. The van der Waals surface area contributed by atoms with Gasteiger partial charge in [0.2, 0.25) is 0 Å². The lowest BCUT2D eigenvalue weighted by atomic mass is 10.1. The Morgan fingerprint density at radius 3 is 2.30 bits per heavy atom. The van der Waals surface area contributed by atoms with Crippen LogP contribution in [0.2, 0.25) is 0 Å². The van der Waals surface area contributed by atoms with Gasteiger partial charge in [-0.1, -0.05) is 49.4 Å². The minimum atomic E-state index is -0.0547. The molecule has 0 spiro atoms. The number of hydrogen-bond donors (Lipinski definition) is 1. The van der Waals surface area contributed by atoms with Crippen molar-refractivity contribution >= 4 is 17.5 Å². The number of amides is 2. The van der Waals surface area contributed by atoms with E-state index in [0.29, 0.717) is 13.1 Å². The Bertz CT molecular complexity index is 993. The normalized spacial score (nSPS) is 13.9. The molecule has 2 amide bonds. The van der Waals surface area contributed by atoms with Crippen LogP contribution in [0.1, 0.15) is 18.1 Å². The molecule has 0 unspecified atom stereocenters. The van der Waals surface area contributed by atoms with E-state index in [1.165, 1.54) is 5.56 Å². The van der Waals surface area contributed by atoms with Crippen molar-refractivity contribution in [2.75, 3.05) is 36.4 Å². The van der Waals surface area contributed by atoms with E-state index < -0.39 is 0 Å². The maximum atomic E-state index is 12.6. The molecule has 3 aromatic rings. The lowest BCUT2D eigenvalue weighted by Crippen LogP contribution is -2.50. The van der Waals surface area contributed by atoms with E-state index in [2.05, 4.69) is 51.6 Å². The van der Waals surface area contributed by atoms with Gasteiger partial charge < -0.3 is 15.1 Å². The van der Waals surface area contributed by atoms with Crippen molar-refractivity contribution in [3.8, 4) is 11.3 Å². The summed E-state index contributed by atoms with van der Waals surface area (Å²) < 4.78 is 0. The first-order valence-corrected chi connectivity index (χ1v) is 10.4.